The Morgan fingerprint density at radius 2 is 0.989 bits per heavy atom. The monoisotopic (exact) mass is 1230 g/mol. The molecule has 16 rings (SSSR count). The number of carbonyl (C=O) groups excluding carboxylic acids is 1. The van der Waals surface area contributed by atoms with Crippen LogP contribution in [0.25, 0.3) is 94.7 Å². The van der Waals surface area contributed by atoms with Gasteiger partial charge in [0.05, 0.1) is 40.1 Å². The number of para-hydroxylation sites is 2. The van der Waals surface area contributed by atoms with Gasteiger partial charge in [-0.15, -0.1) is 0 Å². The standard InChI is InChI=1S/C27H27N7O.C21H21N5O2.C20H20N6O3/c1-2-22(35)33-13-9-17(10-14-33)27-32-24(25-26(28)30-12-15-34(25)27)21-16-18-6-5-7-19(23(18)31-21)20-8-3-4-11-29-20;22-19-18-17(16-11-14-3-1-2-4-15(14)24-16)25-20(26(18)10-9-23-19)12-5-7-13(8-6-12)21(27)28;21-17-16-15(13-9-12-5-6-23-19(27)14(12)24-13)25-18(26(16)8-7-22-17)10-1-3-11(4-2-10)20(28)29/h3-8,11-12,15-17,31H,2,9-10,13-14H2,1H3,(H2,28,30);1-4,9-13,24H,5-8H2,(H2,22,23)(H,27,28);5-11,24H,1-4H2,(H2,21,22)(H,23,27)(H,28,29). The van der Waals surface area contributed by atoms with Crippen molar-refractivity contribution in [3.8, 4) is 45.4 Å². The van der Waals surface area contributed by atoms with Crippen LogP contribution in [0.4, 0.5) is 17.5 Å². The molecule has 2 saturated carbocycles. The number of H-pyrrole nitrogens is 4. The van der Waals surface area contributed by atoms with Crippen molar-refractivity contribution in [1.29, 1.82) is 0 Å². The van der Waals surface area contributed by atoms with E-state index in [0.29, 0.717) is 72.0 Å². The number of imidazole rings is 3. The molecular formula is C68H68N18O6. The molecule has 466 valence electrons. The van der Waals surface area contributed by atoms with Crippen LogP contribution >= 0.6 is 0 Å². The lowest BCUT2D eigenvalue weighted by molar-refractivity contribution is -0.143. The minimum absolute atomic E-state index is 0.140. The Balaban J connectivity index is 0.000000121. The second kappa shape index (κ2) is 24.3. The van der Waals surface area contributed by atoms with E-state index in [2.05, 4.69) is 74.6 Å². The van der Waals surface area contributed by atoms with Crippen LogP contribution in [0, 0.1) is 11.8 Å². The van der Waals surface area contributed by atoms with Gasteiger partial charge in [-0.05, 0) is 107 Å². The molecule has 13 aromatic rings. The second-order valence-corrected chi connectivity index (χ2v) is 24.1. The SMILES string of the molecule is CCC(=O)N1CCC(c2nc(-c3cc4cccc(-c5ccccn5)c4[nH]3)c3c(N)nccn23)CC1.Nc1nccn2c(C3CCC(C(=O)O)CC3)nc(-c3cc4cc[nH]c(=O)c4[nH]3)c12.Nc1nccn2c(C3CCC(C(=O)O)CC3)nc(-c3cc4ccccc4[nH]3)c12. The number of aliphatic carboxylic acids is 2. The number of aromatic nitrogens is 14. The Bertz CT molecular complexity index is 4960. The third-order valence-corrected chi connectivity index (χ3v) is 18.7. The van der Waals surface area contributed by atoms with E-state index in [4.69, 9.17) is 32.2 Å². The quantitative estimate of drug-likeness (QED) is 0.0614. The highest BCUT2D eigenvalue weighted by Gasteiger charge is 2.34. The Hall–Kier alpha value is -11.2. The van der Waals surface area contributed by atoms with E-state index in [-0.39, 0.29) is 41.1 Å². The van der Waals surface area contributed by atoms with E-state index in [1.165, 1.54) is 0 Å². The van der Waals surface area contributed by atoms with Gasteiger partial charge in [0.1, 0.15) is 74.1 Å². The van der Waals surface area contributed by atoms with Crippen LogP contribution < -0.4 is 22.8 Å². The van der Waals surface area contributed by atoms with Crippen LogP contribution in [0.3, 0.4) is 0 Å². The number of anilines is 3. The number of carboxylic acids is 2. The van der Waals surface area contributed by atoms with Crippen molar-refractivity contribution < 1.29 is 24.6 Å². The highest BCUT2D eigenvalue weighted by molar-refractivity contribution is 5.99. The van der Waals surface area contributed by atoms with Gasteiger partial charge in [-0.3, -0.25) is 37.4 Å². The lowest BCUT2D eigenvalue weighted by atomic mass is 9.81. The summed E-state index contributed by atoms with van der Waals surface area (Å²) in [5.74, 6) is 2.84. The van der Waals surface area contributed by atoms with E-state index < -0.39 is 11.9 Å². The molecule has 0 atom stereocenters. The van der Waals surface area contributed by atoms with Crippen LogP contribution in [-0.2, 0) is 14.4 Å². The van der Waals surface area contributed by atoms with Crippen LogP contribution in [0.1, 0.15) is 113 Å². The van der Waals surface area contributed by atoms with E-state index in [1.807, 2.05) is 93.8 Å². The van der Waals surface area contributed by atoms with Crippen molar-refractivity contribution in [1.82, 2.24) is 72.9 Å². The summed E-state index contributed by atoms with van der Waals surface area (Å²) < 4.78 is 6.04. The molecule has 92 heavy (non-hydrogen) atoms. The number of nitrogens with zero attached hydrogens (tertiary/aromatic N) is 11. The van der Waals surface area contributed by atoms with Gasteiger partial charge in [-0.25, -0.2) is 29.9 Å². The van der Waals surface area contributed by atoms with E-state index >= 15 is 0 Å². The van der Waals surface area contributed by atoms with E-state index in [0.717, 1.165) is 141 Å². The molecule has 1 amide bonds. The highest BCUT2D eigenvalue weighted by Crippen LogP contribution is 2.42. The summed E-state index contributed by atoms with van der Waals surface area (Å²) in [6, 6.07) is 28.1. The first-order chi connectivity index (χ1) is 44.8. The minimum Gasteiger partial charge on any atom is -0.481 e. The average Bonchev–Trinajstić information content (AvgIpc) is 1.64. The fraction of sp³-hybridized carbons (Fsp3) is 0.279. The molecule has 12 heterocycles. The molecule has 3 aliphatic rings. The average molecular weight is 1230 g/mol. The van der Waals surface area contributed by atoms with Gasteiger partial charge in [0.15, 0.2) is 0 Å². The van der Waals surface area contributed by atoms with Crippen molar-refractivity contribution in [3.63, 3.8) is 0 Å². The number of pyridine rings is 2. The molecule has 0 unspecified atom stereocenters. The zero-order chi connectivity index (χ0) is 63.3. The maximum absolute atomic E-state index is 12.1. The number of aromatic amines is 4. The Kier molecular flexibility index (Phi) is 15.5. The fourth-order valence-corrected chi connectivity index (χ4v) is 13.9. The van der Waals surface area contributed by atoms with E-state index in [9.17, 15) is 29.4 Å². The van der Waals surface area contributed by atoms with Crippen LogP contribution in [-0.4, -0.2) is 114 Å². The first-order valence-electron chi connectivity index (χ1n) is 31.2. The van der Waals surface area contributed by atoms with Gasteiger partial charge in [0.25, 0.3) is 5.56 Å². The number of carboxylic acid groups (broad SMARTS) is 2. The number of hydrogen-bond donors (Lipinski definition) is 9. The number of nitrogens with two attached hydrogens (primary N) is 3. The third-order valence-electron chi connectivity index (χ3n) is 18.7. The van der Waals surface area contributed by atoms with Crippen LogP contribution in [0.2, 0.25) is 0 Å². The summed E-state index contributed by atoms with van der Waals surface area (Å²) in [7, 11) is 0. The van der Waals surface area contributed by atoms with Gasteiger partial charge in [-0.1, -0.05) is 49.4 Å². The number of benzene rings is 2. The lowest BCUT2D eigenvalue weighted by Crippen LogP contribution is -2.37. The Morgan fingerprint density at radius 3 is 1.48 bits per heavy atom. The fourth-order valence-electron chi connectivity index (χ4n) is 13.9. The van der Waals surface area contributed by atoms with Gasteiger partial charge in [-0.2, -0.15) is 0 Å². The Morgan fingerprint density at radius 1 is 0.522 bits per heavy atom. The number of carbonyl (C=O) groups is 3. The van der Waals surface area contributed by atoms with Crippen molar-refractivity contribution in [3.05, 3.63) is 162 Å². The predicted octanol–water partition coefficient (Wildman–Crippen LogP) is 11.0. The minimum atomic E-state index is -0.728. The Labute approximate surface area is 525 Å². The lowest BCUT2D eigenvalue weighted by Gasteiger charge is -2.31. The second-order valence-electron chi connectivity index (χ2n) is 24.1. The highest BCUT2D eigenvalue weighted by atomic mass is 16.4. The maximum atomic E-state index is 12.1. The van der Waals surface area contributed by atoms with Gasteiger partial charge < -0.3 is 52.2 Å². The zero-order valence-corrected chi connectivity index (χ0v) is 50.5. The van der Waals surface area contributed by atoms with Crippen molar-refractivity contribution in [2.75, 3.05) is 30.3 Å². The molecule has 2 aromatic carbocycles. The number of likely N-dealkylation sites (tertiary alicyclic amines) is 1. The molecule has 0 radical (unpaired) electrons. The molecule has 2 aliphatic carbocycles. The number of nitrogen functional groups attached to an aromatic ring is 3. The predicted molar refractivity (Wildman–Crippen MR) is 351 cm³/mol. The first kappa shape index (κ1) is 58.5. The molecule has 1 saturated heterocycles. The summed E-state index contributed by atoms with van der Waals surface area (Å²) in [5, 5.41) is 21.5. The molecule has 3 fully saturated rings. The van der Waals surface area contributed by atoms with Gasteiger partial charge >= 0.3 is 11.9 Å². The molecule has 11 aromatic heterocycles. The summed E-state index contributed by atoms with van der Waals surface area (Å²) >= 11 is 0. The smallest absolute Gasteiger partial charge is 0.306 e. The molecule has 0 spiro atoms. The number of hydrogen-bond acceptors (Lipinski definition) is 14. The molecule has 24 heteroatoms. The number of amides is 1. The van der Waals surface area contributed by atoms with Gasteiger partial charge in [0, 0.05) is 114 Å². The first-order valence-corrected chi connectivity index (χ1v) is 31.2. The van der Waals surface area contributed by atoms with Crippen molar-refractivity contribution >= 4 is 84.6 Å². The summed E-state index contributed by atoms with van der Waals surface area (Å²) in [4.78, 5) is 94.0. The molecule has 1 aliphatic heterocycles. The van der Waals surface area contributed by atoms with Crippen molar-refractivity contribution in [2.45, 2.75) is 95.3 Å². The summed E-state index contributed by atoms with van der Waals surface area (Å²) in [6.45, 7) is 3.42. The largest absolute Gasteiger partial charge is 0.481 e. The summed E-state index contributed by atoms with van der Waals surface area (Å²) in [5.41, 5.74) is 30.1. The normalized spacial score (nSPS) is 17.9. The molecule has 12 N–H and O–H groups in total. The van der Waals surface area contributed by atoms with Crippen molar-refractivity contribution in [2.24, 2.45) is 11.8 Å². The number of nitrogens with one attached hydrogen (secondary N) is 4. The third kappa shape index (κ3) is 10.8. The number of fused-ring (bicyclic) bond motifs is 6. The molecule has 0 bridgehead atoms. The zero-order valence-electron chi connectivity index (χ0n) is 50.5. The molecular weight excluding hydrogens is 1160 g/mol. The maximum Gasteiger partial charge on any atom is 0.306 e. The molecule has 24 nitrogen and oxygen atoms in total. The van der Waals surface area contributed by atoms with Crippen LogP contribution in [0.15, 0.2) is 139 Å². The topological polar surface area (TPSA) is 357 Å². The summed E-state index contributed by atoms with van der Waals surface area (Å²) in [6.07, 6.45) is 22.2. The van der Waals surface area contributed by atoms with E-state index in [1.54, 1.807) is 31.0 Å². The van der Waals surface area contributed by atoms with Gasteiger partial charge in [0.2, 0.25) is 5.91 Å². The number of piperidine rings is 1. The number of rotatable bonds is 10. The van der Waals surface area contributed by atoms with Crippen LogP contribution in [0.5, 0.6) is 0 Å².